The molecule has 84 valence electrons. The second kappa shape index (κ2) is 5.48. The number of pyridine rings is 1. The van der Waals surface area contributed by atoms with Gasteiger partial charge in [-0.2, -0.15) is 0 Å². The first-order chi connectivity index (χ1) is 7.01. The average Bonchev–Trinajstić information content (AvgIpc) is 2.16. The SMILES string of the molecule is CS(=O)(=O)CCSc1cccc(CN)n1. The average molecular weight is 246 g/mol. The van der Waals surface area contributed by atoms with Gasteiger partial charge in [-0.15, -0.1) is 11.8 Å². The highest BCUT2D eigenvalue weighted by atomic mass is 32.2. The maximum atomic E-state index is 10.9. The lowest BCUT2D eigenvalue weighted by molar-refractivity contribution is 0.603. The Balaban J connectivity index is 2.51. The Morgan fingerprint density at radius 3 is 2.80 bits per heavy atom. The third-order valence-electron chi connectivity index (χ3n) is 1.69. The summed E-state index contributed by atoms with van der Waals surface area (Å²) in [6.07, 6.45) is 1.23. The zero-order chi connectivity index (χ0) is 11.3. The van der Waals surface area contributed by atoms with E-state index >= 15 is 0 Å². The predicted molar refractivity (Wildman–Crippen MR) is 62.6 cm³/mol. The van der Waals surface area contributed by atoms with Crippen LogP contribution in [0.3, 0.4) is 0 Å². The molecule has 0 spiro atoms. The Hall–Kier alpha value is -0.590. The van der Waals surface area contributed by atoms with Crippen molar-refractivity contribution in [2.24, 2.45) is 5.73 Å². The third-order valence-corrected chi connectivity index (χ3v) is 3.83. The van der Waals surface area contributed by atoms with Crippen molar-refractivity contribution >= 4 is 21.6 Å². The highest BCUT2D eigenvalue weighted by molar-refractivity contribution is 8.00. The zero-order valence-corrected chi connectivity index (χ0v) is 10.1. The van der Waals surface area contributed by atoms with Crippen molar-refractivity contribution in [1.29, 1.82) is 0 Å². The minimum absolute atomic E-state index is 0.173. The van der Waals surface area contributed by atoms with Crippen LogP contribution < -0.4 is 5.73 Å². The van der Waals surface area contributed by atoms with Gasteiger partial charge in [-0.1, -0.05) is 6.07 Å². The topological polar surface area (TPSA) is 73.0 Å². The van der Waals surface area contributed by atoms with E-state index in [9.17, 15) is 8.42 Å². The van der Waals surface area contributed by atoms with Crippen molar-refractivity contribution in [1.82, 2.24) is 4.98 Å². The van der Waals surface area contributed by atoms with Gasteiger partial charge in [-0.3, -0.25) is 0 Å². The van der Waals surface area contributed by atoms with E-state index in [1.54, 1.807) is 0 Å². The molecule has 0 aromatic carbocycles. The molecule has 4 nitrogen and oxygen atoms in total. The monoisotopic (exact) mass is 246 g/mol. The van der Waals surface area contributed by atoms with E-state index in [1.165, 1.54) is 18.0 Å². The standard InChI is InChI=1S/C9H14N2O2S2/c1-15(12,13)6-5-14-9-4-2-3-8(7-10)11-9/h2-4H,5-7,10H2,1H3. The van der Waals surface area contributed by atoms with Crippen LogP contribution in [0.25, 0.3) is 0 Å². The first-order valence-electron chi connectivity index (χ1n) is 4.48. The van der Waals surface area contributed by atoms with Crippen LogP contribution in [0.4, 0.5) is 0 Å². The molecule has 0 atom stereocenters. The summed E-state index contributed by atoms with van der Waals surface area (Å²) in [5, 5.41) is 0.821. The molecule has 0 unspecified atom stereocenters. The molecule has 0 radical (unpaired) electrons. The Morgan fingerprint density at radius 1 is 1.47 bits per heavy atom. The minimum atomic E-state index is -2.88. The summed E-state index contributed by atoms with van der Waals surface area (Å²) in [6.45, 7) is 0.403. The van der Waals surface area contributed by atoms with Gasteiger partial charge in [0.15, 0.2) is 0 Å². The van der Waals surface area contributed by atoms with Crippen molar-refractivity contribution in [2.75, 3.05) is 17.8 Å². The number of nitrogens with two attached hydrogens (primary N) is 1. The first kappa shape index (κ1) is 12.5. The van der Waals surface area contributed by atoms with Gasteiger partial charge in [-0.25, -0.2) is 13.4 Å². The molecule has 1 heterocycles. The van der Waals surface area contributed by atoms with Crippen LogP contribution in [0.2, 0.25) is 0 Å². The molecule has 1 aromatic rings. The molecule has 0 saturated heterocycles. The molecular formula is C9H14N2O2S2. The summed E-state index contributed by atoms with van der Waals surface area (Å²) in [5.41, 5.74) is 6.27. The second-order valence-electron chi connectivity index (χ2n) is 3.15. The quantitative estimate of drug-likeness (QED) is 0.773. The van der Waals surface area contributed by atoms with E-state index in [1.807, 2.05) is 18.2 Å². The molecule has 0 aliphatic heterocycles. The van der Waals surface area contributed by atoms with E-state index in [4.69, 9.17) is 5.73 Å². The molecule has 0 amide bonds. The van der Waals surface area contributed by atoms with Gasteiger partial charge in [0.05, 0.1) is 16.5 Å². The van der Waals surface area contributed by atoms with Crippen LogP contribution in [0, 0.1) is 0 Å². The number of hydrogen-bond acceptors (Lipinski definition) is 5. The number of thioether (sulfide) groups is 1. The molecule has 0 saturated carbocycles. The van der Waals surface area contributed by atoms with Crippen LogP contribution in [0.5, 0.6) is 0 Å². The molecule has 2 N–H and O–H groups in total. The predicted octanol–water partition coefficient (Wildman–Crippen LogP) is 0.677. The Morgan fingerprint density at radius 2 is 2.20 bits per heavy atom. The van der Waals surface area contributed by atoms with Crippen LogP contribution in [-0.4, -0.2) is 31.2 Å². The van der Waals surface area contributed by atoms with Crippen molar-refractivity contribution in [2.45, 2.75) is 11.6 Å². The smallest absolute Gasteiger partial charge is 0.148 e. The fourth-order valence-electron chi connectivity index (χ4n) is 0.949. The molecule has 0 fully saturated rings. The summed E-state index contributed by atoms with van der Waals surface area (Å²) in [5.74, 6) is 0.700. The van der Waals surface area contributed by atoms with Crippen LogP contribution in [0.1, 0.15) is 5.69 Å². The molecule has 0 bridgehead atoms. The fraction of sp³-hybridized carbons (Fsp3) is 0.444. The zero-order valence-electron chi connectivity index (χ0n) is 8.51. The molecule has 6 heteroatoms. The van der Waals surface area contributed by atoms with Gasteiger partial charge in [0.2, 0.25) is 0 Å². The molecule has 15 heavy (non-hydrogen) atoms. The second-order valence-corrected chi connectivity index (χ2v) is 6.52. The number of nitrogens with zero attached hydrogens (tertiary/aromatic N) is 1. The largest absolute Gasteiger partial charge is 0.325 e. The van der Waals surface area contributed by atoms with Crippen LogP contribution >= 0.6 is 11.8 Å². The Kier molecular flexibility index (Phi) is 4.56. The maximum Gasteiger partial charge on any atom is 0.148 e. The van der Waals surface area contributed by atoms with E-state index in [0.717, 1.165) is 10.7 Å². The van der Waals surface area contributed by atoms with Crippen molar-refractivity contribution in [3.8, 4) is 0 Å². The fourth-order valence-corrected chi connectivity index (χ4v) is 3.06. The maximum absolute atomic E-state index is 10.9. The van der Waals surface area contributed by atoms with Crippen LogP contribution in [0.15, 0.2) is 23.2 Å². The van der Waals surface area contributed by atoms with Gasteiger partial charge < -0.3 is 5.73 Å². The van der Waals surface area contributed by atoms with Gasteiger partial charge in [-0.05, 0) is 12.1 Å². The molecular weight excluding hydrogens is 232 g/mol. The normalized spacial score (nSPS) is 11.6. The number of sulfone groups is 1. The van der Waals surface area contributed by atoms with Gasteiger partial charge in [0.1, 0.15) is 9.84 Å². The van der Waals surface area contributed by atoms with E-state index in [2.05, 4.69) is 4.98 Å². The number of aromatic nitrogens is 1. The molecule has 1 rings (SSSR count). The van der Waals surface area contributed by atoms with Gasteiger partial charge in [0.25, 0.3) is 0 Å². The first-order valence-corrected chi connectivity index (χ1v) is 7.52. The van der Waals surface area contributed by atoms with Gasteiger partial charge >= 0.3 is 0 Å². The summed E-state index contributed by atoms with van der Waals surface area (Å²) in [4.78, 5) is 4.25. The van der Waals surface area contributed by atoms with E-state index < -0.39 is 9.84 Å². The van der Waals surface area contributed by atoms with Crippen molar-refractivity contribution in [3.63, 3.8) is 0 Å². The molecule has 0 aliphatic rings. The van der Waals surface area contributed by atoms with Crippen LogP contribution in [-0.2, 0) is 16.4 Å². The molecule has 0 aliphatic carbocycles. The Labute approximate surface area is 94.2 Å². The van der Waals surface area contributed by atoms with E-state index in [-0.39, 0.29) is 5.75 Å². The minimum Gasteiger partial charge on any atom is -0.325 e. The molecule has 1 aromatic heterocycles. The lowest BCUT2D eigenvalue weighted by atomic mass is 10.4. The Bertz CT molecular complexity index is 418. The summed E-state index contributed by atoms with van der Waals surface area (Å²) < 4.78 is 21.8. The summed E-state index contributed by atoms with van der Waals surface area (Å²) in [7, 11) is -2.88. The number of hydrogen-bond donors (Lipinski definition) is 1. The number of rotatable bonds is 5. The summed E-state index contributed by atoms with van der Waals surface area (Å²) in [6, 6.07) is 5.57. The highest BCUT2D eigenvalue weighted by Gasteiger charge is 2.03. The highest BCUT2D eigenvalue weighted by Crippen LogP contribution is 2.15. The summed E-state index contributed by atoms with van der Waals surface area (Å²) >= 11 is 1.43. The van der Waals surface area contributed by atoms with E-state index in [0.29, 0.717) is 12.3 Å². The van der Waals surface area contributed by atoms with Gasteiger partial charge in [0, 0.05) is 18.6 Å². The lowest BCUT2D eigenvalue weighted by Gasteiger charge is -2.01. The lowest BCUT2D eigenvalue weighted by Crippen LogP contribution is -2.05. The van der Waals surface area contributed by atoms with Crippen molar-refractivity contribution in [3.05, 3.63) is 23.9 Å². The van der Waals surface area contributed by atoms with Crippen molar-refractivity contribution < 1.29 is 8.42 Å². The third kappa shape index (κ3) is 5.15.